The fourth-order valence-corrected chi connectivity index (χ4v) is 0.653. The summed E-state index contributed by atoms with van der Waals surface area (Å²) in [5.41, 5.74) is -2.90. The van der Waals surface area contributed by atoms with Crippen LogP contribution in [0.4, 0.5) is 22.0 Å². The monoisotopic (exact) mass is 226 g/mol. The molecule has 0 amide bonds. The Kier molecular flexibility index (Phi) is 3.21. The zero-order valence-electron chi connectivity index (χ0n) is 6.79. The zero-order valence-corrected chi connectivity index (χ0v) is 7.55. The predicted molar refractivity (Wildman–Crippen MR) is 36.9 cm³/mol. The van der Waals surface area contributed by atoms with Crippen molar-refractivity contribution in [3.05, 3.63) is 0 Å². The van der Waals surface area contributed by atoms with Gasteiger partial charge in [-0.05, 0) is 25.4 Å². The second-order valence-corrected chi connectivity index (χ2v) is 3.59. The van der Waals surface area contributed by atoms with Gasteiger partial charge in [0, 0.05) is 0 Å². The van der Waals surface area contributed by atoms with E-state index in [0.717, 1.165) is 0 Å². The van der Waals surface area contributed by atoms with E-state index in [9.17, 15) is 22.0 Å². The number of aliphatic hydroxyl groups is 1. The van der Waals surface area contributed by atoms with Gasteiger partial charge in [-0.2, -0.15) is 17.6 Å². The lowest BCUT2D eigenvalue weighted by Gasteiger charge is -2.32. The van der Waals surface area contributed by atoms with Crippen LogP contribution in [0.5, 0.6) is 0 Å². The van der Waals surface area contributed by atoms with Crippen LogP contribution in [0.3, 0.4) is 0 Å². The summed E-state index contributed by atoms with van der Waals surface area (Å²) in [4.78, 5) is 0. The Morgan fingerprint density at radius 3 is 1.54 bits per heavy atom. The van der Waals surface area contributed by atoms with Gasteiger partial charge in [0.15, 0.2) is 0 Å². The second-order valence-electron chi connectivity index (χ2n) is 3.09. The van der Waals surface area contributed by atoms with E-state index in [4.69, 9.17) is 5.11 Å². The molecule has 0 aromatic rings. The Hall–Kier alpha value is -0.100. The summed E-state index contributed by atoms with van der Waals surface area (Å²) >= 11 is 4.07. The molecule has 1 nitrogen and oxygen atoms in total. The number of halogens is 6. The Labute approximate surface area is 76.5 Å². The molecule has 0 fully saturated rings. The van der Waals surface area contributed by atoms with Crippen LogP contribution in [0.1, 0.15) is 13.8 Å². The van der Waals surface area contributed by atoms with Gasteiger partial charge in [-0.15, -0.1) is 0 Å². The van der Waals surface area contributed by atoms with Crippen molar-refractivity contribution in [2.75, 3.05) is 0 Å². The predicted octanol–water partition coefficient (Wildman–Crippen LogP) is 2.56. The van der Waals surface area contributed by atoms with Crippen LogP contribution in [-0.4, -0.2) is 28.2 Å². The van der Waals surface area contributed by atoms with Gasteiger partial charge in [0.25, 0.3) is 0 Å². The third-order valence-electron chi connectivity index (χ3n) is 1.42. The fraction of sp³-hybridized carbons (Fsp3) is 1.00. The molecule has 0 bridgehead atoms. The second kappa shape index (κ2) is 3.24. The van der Waals surface area contributed by atoms with E-state index < -0.39 is 23.1 Å². The molecule has 0 heterocycles. The first kappa shape index (κ1) is 12.9. The quantitative estimate of drug-likeness (QED) is 0.579. The van der Waals surface area contributed by atoms with E-state index in [1.807, 2.05) is 0 Å². The highest BCUT2D eigenvalue weighted by Crippen LogP contribution is 2.42. The van der Waals surface area contributed by atoms with Gasteiger partial charge in [-0.25, -0.2) is 4.39 Å². The van der Waals surface area contributed by atoms with Crippen LogP contribution >= 0.6 is 11.6 Å². The molecule has 0 aromatic carbocycles. The first-order valence-electron chi connectivity index (χ1n) is 3.21. The molecule has 1 unspecified atom stereocenters. The smallest absolute Gasteiger partial charge is 0.358 e. The topological polar surface area (TPSA) is 20.2 Å². The van der Waals surface area contributed by atoms with Gasteiger partial charge >= 0.3 is 11.3 Å². The van der Waals surface area contributed by atoms with Crippen LogP contribution in [0, 0.1) is 0 Å². The van der Waals surface area contributed by atoms with E-state index in [2.05, 4.69) is 11.6 Å². The maximum Gasteiger partial charge on any atom is 0.358 e. The maximum atomic E-state index is 12.6. The van der Waals surface area contributed by atoms with E-state index in [1.54, 1.807) is 0 Å². The number of hydrogen-bond acceptors (Lipinski definition) is 1. The standard InChI is InChI=1S/C6H8ClF5O/c1-4(2,13)5(9,10)3(8)6(7,11)12/h3,13H,1-2H3. The zero-order chi connectivity index (χ0) is 11.1. The number of alkyl halides is 6. The molecular weight excluding hydrogens is 219 g/mol. The van der Waals surface area contributed by atoms with Crippen molar-refractivity contribution in [3.8, 4) is 0 Å². The number of rotatable bonds is 3. The highest BCUT2D eigenvalue weighted by atomic mass is 35.5. The van der Waals surface area contributed by atoms with Crippen molar-refractivity contribution in [2.24, 2.45) is 0 Å². The minimum atomic E-state index is -4.70. The lowest BCUT2D eigenvalue weighted by molar-refractivity contribution is -0.230. The molecule has 0 aliphatic rings. The third kappa shape index (κ3) is 2.67. The molecule has 0 radical (unpaired) electrons. The van der Waals surface area contributed by atoms with Crippen molar-refractivity contribution < 1.29 is 27.1 Å². The maximum absolute atomic E-state index is 12.6. The van der Waals surface area contributed by atoms with Gasteiger partial charge in [0.1, 0.15) is 5.60 Å². The average molecular weight is 227 g/mol. The number of hydrogen-bond donors (Lipinski definition) is 1. The summed E-state index contributed by atoms with van der Waals surface area (Å²) in [5.74, 6) is -4.61. The first-order chi connectivity index (χ1) is 5.40. The minimum Gasteiger partial charge on any atom is -0.384 e. The van der Waals surface area contributed by atoms with Crippen molar-refractivity contribution in [1.82, 2.24) is 0 Å². The van der Waals surface area contributed by atoms with Crippen LogP contribution < -0.4 is 0 Å². The summed E-state index contributed by atoms with van der Waals surface area (Å²) in [6.07, 6.45) is -3.93. The van der Waals surface area contributed by atoms with Gasteiger partial charge < -0.3 is 5.11 Å². The van der Waals surface area contributed by atoms with E-state index in [0.29, 0.717) is 13.8 Å². The van der Waals surface area contributed by atoms with Crippen LogP contribution in [0.25, 0.3) is 0 Å². The molecule has 1 N–H and O–H groups in total. The molecule has 0 aliphatic heterocycles. The molecular formula is C6H8ClF5O. The molecule has 0 saturated carbocycles. The van der Waals surface area contributed by atoms with Crippen molar-refractivity contribution in [3.63, 3.8) is 0 Å². The van der Waals surface area contributed by atoms with E-state index >= 15 is 0 Å². The summed E-state index contributed by atoms with van der Waals surface area (Å²) in [6.45, 7) is 1.03. The largest absolute Gasteiger partial charge is 0.384 e. The summed E-state index contributed by atoms with van der Waals surface area (Å²) in [7, 11) is 0. The van der Waals surface area contributed by atoms with Crippen molar-refractivity contribution in [2.45, 2.75) is 36.9 Å². The Bertz CT molecular complexity index is 182. The Morgan fingerprint density at radius 2 is 1.46 bits per heavy atom. The Morgan fingerprint density at radius 1 is 1.15 bits per heavy atom. The SMILES string of the molecule is CC(C)(O)C(F)(F)C(F)C(F)(F)Cl. The van der Waals surface area contributed by atoms with Gasteiger partial charge in [0.05, 0.1) is 0 Å². The lowest BCUT2D eigenvalue weighted by atomic mass is 9.96. The molecule has 7 heteroatoms. The highest BCUT2D eigenvalue weighted by molar-refractivity contribution is 6.22. The van der Waals surface area contributed by atoms with Crippen molar-refractivity contribution in [1.29, 1.82) is 0 Å². The summed E-state index contributed by atoms with van der Waals surface area (Å²) < 4.78 is 61.5. The van der Waals surface area contributed by atoms with Crippen LogP contribution in [-0.2, 0) is 0 Å². The third-order valence-corrected chi connectivity index (χ3v) is 1.61. The van der Waals surface area contributed by atoms with Crippen LogP contribution in [0.15, 0.2) is 0 Å². The normalized spacial score (nSPS) is 17.3. The first-order valence-corrected chi connectivity index (χ1v) is 3.59. The van der Waals surface area contributed by atoms with Gasteiger partial charge in [-0.1, -0.05) is 0 Å². The molecule has 13 heavy (non-hydrogen) atoms. The van der Waals surface area contributed by atoms with Crippen molar-refractivity contribution >= 4 is 11.6 Å². The minimum absolute atomic E-state index is 0.516. The molecule has 0 aromatic heterocycles. The lowest BCUT2D eigenvalue weighted by Crippen LogP contribution is -2.54. The van der Waals surface area contributed by atoms with Gasteiger partial charge in [0.2, 0.25) is 6.17 Å². The molecule has 0 saturated heterocycles. The summed E-state index contributed by atoms with van der Waals surface area (Å²) in [5, 5.41) is 3.99. The van der Waals surface area contributed by atoms with E-state index in [1.165, 1.54) is 0 Å². The molecule has 0 spiro atoms. The molecule has 80 valence electrons. The summed E-state index contributed by atoms with van der Waals surface area (Å²) in [6, 6.07) is 0. The fourth-order valence-electron chi connectivity index (χ4n) is 0.516. The average Bonchev–Trinajstić information content (AvgIpc) is 1.81. The highest BCUT2D eigenvalue weighted by Gasteiger charge is 2.62. The molecule has 1 atom stereocenters. The van der Waals surface area contributed by atoms with E-state index in [-0.39, 0.29) is 0 Å². The Balaban J connectivity index is 4.86. The molecule has 0 rings (SSSR count). The molecule has 0 aliphatic carbocycles. The van der Waals surface area contributed by atoms with Gasteiger partial charge in [-0.3, -0.25) is 0 Å². The van der Waals surface area contributed by atoms with Crippen LogP contribution in [0.2, 0.25) is 0 Å².